The summed E-state index contributed by atoms with van der Waals surface area (Å²) in [6, 6.07) is 16.1. The summed E-state index contributed by atoms with van der Waals surface area (Å²) in [5.41, 5.74) is 4.24. The smallest absolute Gasteiger partial charge is 0.253 e. The molecule has 1 fully saturated rings. The van der Waals surface area contributed by atoms with Gasteiger partial charge in [0.25, 0.3) is 5.91 Å². The lowest BCUT2D eigenvalue weighted by atomic mass is 10.1. The lowest BCUT2D eigenvalue weighted by Crippen LogP contribution is -2.37. The van der Waals surface area contributed by atoms with E-state index in [1.165, 1.54) is 11.1 Å². The third-order valence-electron chi connectivity index (χ3n) is 5.15. The monoisotopic (exact) mass is 364 g/mol. The van der Waals surface area contributed by atoms with E-state index in [2.05, 4.69) is 31.2 Å². The molecule has 27 heavy (non-hydrogen) atoms. The van der Waals surface area contributed by atoms with Crippen molar-refractivity contribution in [1.29, 1.82) is 0 Å². The first-order chi connectivity index (χ1) is 13.0. The van der Waals surface area contributed by atoms with Crippen LogP contribution in [0, 0.1) is 13.8 Å². The Kier molecular flexibility index (Phi) is 6.28. The maximum atomic E-state index is 12.7. The van der Waals surface area contributed by atoms with Crippen LogP contribution in [0.15, 0.2) is 48.5 Å². The third kappa shape index (κ3) is 5.19. The number of carbonyl (C=O) groups is 2. The molecule has 2 amide bonds. The van der Waals surface area contributed by atoms with Crippen molar-refractivity contribution in [3.8, 4) is 0 Å². The summed E-state index contributed by atoms with van der Waals surface area (Å²) in [6.07, 6.45) is 2.12. The van der Waals surface area contributed by atoms with E-state index in [4.69, 9.17) is 0 Å². The van der Waals surface area contributed by atoms with Gasteiger partial charge in [-0.25, -0.2) is 0 Å². The van der Waals surface area contributed by atoms with Crippen LogP contribution in [0.3, 0.4) is 0 Å². The molecule has 0 N–H and O–H groups in total. The third-order valence-corrected chi connectivity index (χ3v) is 5.15. The second kappa shape index (κ2) is 8.85. The van der Waals surface area contributed by atoms with Crippen molar-refractivity contribution < 1.29 is 9.59 Å². The molecule has 1 heterocycles. The summed E-state index contributed by atoms with van der Waals surface area (Å²) in [4.78, 5) is 29.1. The van der Waals surface area contributed by atoms with Gasteiger partial charge in [0, 0.05) is 38.2 Å². The summed E-state index contributed by atoms with van der Waals surface area (Å²) in [7, 11) is 0. The second-order valence-corrected chi connectivity index (χ2v) is 7.38. The van der Waals surface area contributed by atoms with E-state index < -0.39 is 0 Å². The molecule has 0 aromatic heterocycles. The highest BCUT2D eigenvalue weighted by Crippen LogP contribution is 2.13. The second-order valence-electron chi connectivity index (χ2n) is 7.38. The number of rotatable bonds is 4. The van der Waals surface area contributed by atoms with Gasteiger partial charge < -0.3 is 9.80 Å². The molecule has 4 heteroatoms. The average molecular weight is 364 g/mol. The van der Waals surface area contributed by atoms with Gasteiger partial charge in [-0.3, -0.25) is 9.59 Å². The minimum Gasteiger partial charge on any atom is -0.341 e. The van der Waals surface area contributed by atoms with Gasteiger partial charge in [-0.05, 0) is 44.4 Å². The number of amides is 2. The molecule has 0 atom stereocenters. The fourth-order valence-electron chi connectivity index (χ4n) is 3.49. The Morgan fingerprint density at radius 1 is 0.852 bits per heavy atom. The predicted octanol–water partition coefficient (Wildman–Crippen LogP) is 3.61. The minimum absolute atomic E-state index is 0.0626. The molecule has 1 aliphatic heterocycles. The fourth-order valence-corrected chi connectivity index (χ4v) is 3.49. The molecule has 142 valence electrons. The molecular formula is C23H28N2O2. The summed E-state index contributed by atoms with van der Waals surface area (Å²) in [5.74, 6) is 0.244. The molecule has 0 unspecified atom stereocenters. The first kappa shape index (κ1) is 19.2. The highest BCUT2D eigenvalue weighted by atomic mass is 16.2. The number of hydrogen-bond donors (Lipinski definition) is 0. The molecule has 1 aliphatic rings. The zero-order chi connectivity index (χ0) is 19.2. The van der Waals surface area contributed by atoms with Crippen LogP contribution in [0.2, 0.25) is 0 Å². The van der Waals surface area contributed by atoms with E-state index in [-0.39, 0.29) is 11.8 Å². The molecular weight excluding hydrogens is 336 g/mol. The number of aryl methyl sites for hydroxylation is 3. The predicted molar refractivity (Wildman–Crippen MR) is 108 cm³/mol. The molecule has 0 saturated carbocycles. The van der Waals surface area contributed by atoms with Crippen molar-refractivity contribution in [2.24, 2.45) is 0 Å². The van der Waals surface area contributed by atoms with Gasteiger partial charge in [-0.1, -0.05) is 47.5 Å². The molecule has 0 bridgehead atoms. The van der Waals surface area contributed by atoms with Crippen LogP contribution in [-0.4, -0.2) is 47.8 Å². The number of nitrogens with zero attached hydrogens (tertiary/aromatic N) is 2. The maximum absolute atomic E-state index is 12.7. The first-order valence-electron chi connectivity index (χ1n) is 9.72. The summed E-state index contributed by atoms with van der Waals surface area (Å²) >= 11 is 0. The molecule has 0 spiro atoms. The topological polar surface area (TPSA) is 40.6 Å². The van der Waals surface area contributed by atoms with Gasteiger partial charge in [0.1, 0.15) is 0 Å². The highest BCUT2D eigenvalue weighted by molar-refractivity contribution is 5.94. The summed E-state index contributed by atoms with van der Waals surface area (Å²) in [5, 5.41) is 0. The summed E-state index contributed by atoms with van der Waals surface area (Å²) < 4.78 is 0. The molecule has 0 aliphatic carbocycles. The number of hydrogen-bond acceptors (Lipinski definition) is 2. The Hall–Kier alpha value is -2.62. The van der Waals surface area contributed by atoms with Gasteiger partial charge in [0.2, 0.25) is 5.91 Å². The Morgan fingerprint density at radius 2 is 1.56 bits per heavy atom. The highest BCUT2D eigenvalue weighted by Gasteiger charge is 2.22. The fraction of sp³-hybridized carbons (Fsp3) is 0.391. The van der Waals surface area contributed by atoms with Crippen LogP contribution in [0.5, 0.6) is 0 Å². The molecule has 3 rings (SSSR count). The Labute approximate surface area is 161 Å². The van der Waals surface area contributed by atoms with Crippen LogP contribution in [-0.2, 0) is 11.2 Å². The van der Waals surface area contributed by atoms with Crippen molar-refractivity contribution in [3.05, 3.63) is 70.8 Å². The van der Waals surface area contributed by atoms with Crippen molar-refractivity contribution in [2.45, 2.75) is 33.1 Å². The summed E-state index contributed by atoms with van der Waals surface area (Å²) in [6.45, 7) is 6.70. The van der Waals surface area contributed by atoms with Crippen molar-refractivity contribution in [2.75, 3.05) is 26.2 Å². The van der Waals surface area contributed by atoms with Gasteiger partial charge in [-0.2, -0.15) is 0 Å². The Morgan fingerprint density at radius 3 is 2.30 bits per heavy atom. The van der Waals surface area contributed by atoms with Gasteiger partial charge in [0.05, 0.1) is 0 Å². The SMILES string of the molecule is Cc1ccc(CCC(=O)N2CCCN(C(=O)c3cccc(C)c3)CC2)cc1. The zero-order valence-electron chi connectivity index (χ0n) is 16.3. The van der Waals surface area contributed by atoms with Crippen molar-refractivity contribution >= 4 is 11.8 Å². The molecule has 2 aromatic carbocycles. The molecule has 0 radical (unpaired) electrons. The van der Waals surface area contributed by atoms with Crippen molar-refractivity contribution in [1.82, 2.24) is 9.80 Å². The number of benzene rings is 2. The van der Waals surface area contributed by atoms with Gasteiger partial charge >= 0.3 is 0 Å². The van der Waals surface area contributed by atoms with Crippen LogP contribution in [0.1, 0.15) is 39.9 Å². The quantitative estimate of drug-likeness (QED) is 0.831. The first-order valence-corrected chi connectivity index (χ1v) is 9.72. The Balaban J connectivity index is 1.53. The zero-order valence-corrected chi connectivity index (χ0v) is 16.3. The van der Waals surface area contributed by atoms with E-state index in [0.717, 1.165) is 30.5 Å². The normalized spacial score (nSPS) is 14.7. The molecule has 1 saturated heterocycles. The minimum atomic E-state index is 0.0626. The van der Waals surface area contributed by atoms with Gasteiger partial charge in [-0.15, -0.1) is 0 Å². The average Bonchev–Trinajstić information content (AvgIpc) is 2.93. The van der Waals surface area contributed by atoms with Crippen molar-refractivity contribution in [3.63, 3.8) is 0 Å². The van der Waals surface area contributed by atoms with Gasteiger partial charge in [0.15, 0.2) is 0 Å². The lowest BCUT2D eigenvalue weighted by Gasteiger charge is -2.22. The van der Waals surface area contributed by atoms with E-state index in [1.54, 1.807) is 0 Å². The molecule has 4 nitrogen and oxygen atoms in total. The van der Waals surface area contributed by atoms with Crippen LogP contribution < -0.4 is 0 Å². The van der Waals surface area contributed by atoms with E-state index in [0.29, 0.717) is 26.1 Å². The van der Waals surface area contributed by atoms with Crippen LogP contribution in [0.4, 0.5) is 0 Å². The molecule has 2 aromatic rings. The van der Waals surface area contributed by atoms with E-state index in [9.17, 15) is 9.59 Å². The largest absolute Gasteiger partial charge is 0.341 e. The standard InChI is InChI=1S/C23H28N2O2/c1-18-7-9-20(10-8-18)11-12-22(26)24-13-4-14-25(16-15-24)23(27)21-6-3-5-19(2)17-21/h3,5-10,17H,4,11-16H2,1-2H3. The van der Waals surface area contributed by atoms with Crippen LogP contribution >= 0.6 is 0 Å². The lowest BCUT2D eigenvalue weighted by molar-refractivity contribution is -0.131. The van der Waals surface area contributed by atoms with E-state index in [1.807, 2.05) is 41.0 Å². The van der Waals surface area contributed by atoms with E-state index >= 15 is 0 Å². The number of carbonyl (C=O) groups excluding carboxylic acids is 2. The Bertz CT molecular complexity index is 798. The maximum Gasteiger partial charge on any atom is 0.253 e. The van der Waals surface area contributed by atoms with Crippen LogP contribution in [0.25, 0.3) is 0 Å².